The van der Waals surface area contributed by atoms with Crippen molar-refractivity contribution in [3.8, 4) is 0 Å². The molecule has 1 fully saturated rings. The lowest BCUT2D eigenvalue weighted by atomic mass is 10.2. The molecule has 84 valence electrons. The first-order chi connectivity index (χ1) is 7.59. The lowest BCUT2D eigenvalue weighted by Crippen LogP contribution is -2.42. The second-order valence-electron chi connectivity index (χ2n) is 3.41. The molecule has 1 atom stereocenters. The maximum absolute atomic E-state index is 11.2. The fourth-order valence-corrected chi connectivity index (χ4v) is 1.82. The number of nitrogens with zero attached hydrogens (tertiary/aromatic N) is 1. The van der Waals surface area contributed by atoms with Crippen LogP contribution in [0.5, 0.6) is 0 Å². The molecular formula is C10H9ClN2O3. The predicted octanol–water partition coefficient (Wildman–Crippen LogP) is 1.03. The number of nitrogens with one attached hydrogen (secondary N) is 1. The molecule has 1 saturated heterocycles. The van der Waals surface area contributed by atoms with Gasteiger partial charge in [-0.3, -0.25) is 15.2 Å². The smallest absolute Gasteiger partial charge is 0.328 e. The Labute approximate surface area is 96.6 Å². The third kappa shape index (κ3) is 1.81. The Kier molecular flexibility index (Phi) is 2.70. The minimum absolute atomic E-state index is 0.0689. The van der Waals surface area contributed by atoms with Gasteiger partial charge >= 0.3 is 5.97 Å². The van der Waals surface area contributed by atoms with Gasteiger partial charge in [0.2, 0.25) is 5.91 Å². The summed E-state index contributed by atoms with van der Waals surface area (Å²) in [4.78, 5) is 22.2. The highest BCUT2D eigenvalue weighted by molar-refractivity contribution is 6.33. The standard InChI is InChI=1S/C10H9ClN2O3/c11-6-3-1-2-4-7(6)13-8(10(15)16)5-9(14)12-13/h1-4,8H,5H2,(H,12,14)(H,15,16). The highest BCUT2D eigenvalue weighted by Gasteiger charge is 2.36. The molecule has 1 heterocycles. The van der Waals surface area contributed by atoms with Gasteiger partial charge in [0.1, 0.15) is 0 Å². The van der Waals surface area contributed by atoms with Crippen molar-refractivity contribution in [1.29, 1.82) is 0 Å². The van der Waals surface area contributed by atoms with Gasteiger partial charge in [0.25, 0.3) is 0 Å². The molecular weight excluding hydrogens is 232 g/mol. The van der Waals surface area contributed by atoms with Crippen LogP contribution in [0.25, 0.3) is 0 Å². The number of carbonyl (C=O) groups excluding carboxylic acids is 1. The normalized spacial score (nSPS) is 19.7. The van der Waals surface area contributed by atoms with E-state index in [9.17, 15) is 9.59 Å². The number of aliphatic carboxylic acids is 1. The summed E-state index contributed by atoms with van der Waals surface area (Å²) in [6, 6.07) is 5.85. The summed E-state index contributed by atoms with van der Waals surface area (Å²) in [5.41, 5.74) is 2.96. The number of hydrazine groups is 1. The molecule has 16 heavy (non-hydrogen) atoms. The topological polar surface area (TPSA) is 69.6 Å². The van der Waals surface area contributed by atoms with E-state index >= 15 is 0 Å². The molecule has 1 unspecified atom stereocenters. The molecule has 1 amide bonds. The molecule has 2 N–H and O–H groups in total. The first-order valence-corrected chi connectivity index (χ1v) is 5.03. The molecule has 1 aromatic carbocycles. The lowest BCUT2D eigenvalue weighted by Gasteiger charge is -2.23. The van der Waals surface area contributed by atoms with Crippen molar-refractivity contribution in [2.45, 2.75) is 12.5 Å². The van der Waals surface area contributed by atoms with E-state index in [0.717, 1.165) is 0 Å². The van der Waals surface area contributed by atoms with Crippen LogP contribution in [0.1, 0.15) is 6.42 Å². The van der Waals surface area contributed by atoms with E-state index in [0.29, 0.717) is 10.7 Å². The van der Waals surface area contributed by atoms with E-state index in [2.05, 4.69) is 5.43 Å². The number of halogens is 1. The van der Waals surface area contributed by atoms with Gasteiger partial charge in [-0.1, -0.05) is 23.7 Å². The number of hydrogen-bond acceptors (Lipinski definition) is 3. The van der Waals surface area contributed by atoms with Crippen LogP contribution in [-0.2, 0) is 9.59 Å². The summed E-state index contributed by atoms with van der Waals surface area (Å²) in [6.45, 7) is 0. The maximum atomic E-state index is 11.2. The zero-order valence-corrected chi connectivity index (χ0v) is 8.94. The molecule has 2 rings (SSSR count). The van der Waals surface area contributed by atoms with Gasteiger partial charge in [0, 0.05) is 0 Å². The van der Waals surface area contributed by atoms with E-state index in [1.165, 1.54) is 5.01 Å². The van der Waals surface area contributed by atoms with E-state index < -0.39 is 12.0 Å². The highest BCUT2D eigenvalue weighted by atomic mass is 35.5. The van der Waals surface area contributed by atoms with Crippen LogP contribution in [-0.4, -0.2) is 23.0 Å². The number of anilines is 1. The van der Waals surface area contributed by atoms with Crippen LogP contribution in [0.4, 0.5) is 5.69 Å². The molecule has 0 saturated carbocycles. The van der Waals surface area contributed by atoms with Crippen molar-refractivity contribution >= 4 is 29.2 Å². The first-order valence-electron chi connectivity index (χ1n) is 4.65. The SMILES string of the molecule is O=C1CC(C(=O)O)N(c2ccccc2Cl)N1. The van der Waals surface area contributed by atoms with E-state index in [-0.39, 0.29) is 12.3 Å². The molecule has 0 spiro atoms. The Bertz CT molecular complexity index is 449. The van der Waals surface area contributed by atoms with E-state index in [1.54, 1.807) is 24.3 Å². The van der Waals surface area contributed by atoms with Crippen LogP contribution < -0.4 is 10.4 Å². The number of carbonyl (C=O) groups is 2. The summed E-state index contributed by atoms with van der Waals surface area (Å²) in [5, 5.41) is 10.7. The minimum atomic E-state index is -1.06. The fourth-order valence-electron chi connectivity index (χ4n) is 1.60. The maximum Gasteiger partial charge on any atom is 0.328 e. The zero-order chi connectivity index (χ0) is 11.7. The first kappa shape index (κ1) is 10.8. The average Bonchev–Trinajstić information content (AvgIpc) is 2.61. The van der Waals surface area contributed by atoms with Crippen molar-refractivity contribution < 1.29 is 14.7 Å². The number of carboxylic acids is 1. The van der Waals surface area contributed by atoms with Gasteiger partial charge in [0.15, 0.2) is 6.04 Å². The molecule has 0 bridgehead atoms. The van der Waals surface area contributed by atoms with Gasteiger partial charge in [-0.25, -0.2) is 4.79 Å². The van der Waals surface area contributed by atoms with Crippen molar-refractivity contribution in [1.82, 2.24) is 5.43 Å². The Balaban J connectivity index is 2.36. The number of carboxylic acid groups (broad SMARTS) is 1. The number of hydrogen-bond donors (Lipinski definition) is 2. The summed E-state index contributed by atoms with van der Waals surface area (Å²) in [6.07, 6.45) is -0.0689. The van der Waals surface area contributed by atoms with E-state index in [4.69, 9.17) is 16.7 Å². The summed E-state index contributed by atoms with van der Waals surface area (Å²) < 4.78 is 0. The average molecular weight is 241 g/mol. The molecule has 6 heteroatoms. The van der Waals surface area contributed by atoms with Crippen molar-refractivity contribution in [3.05, 3.63) is 29.3 Å². The van der Waals surface area contributed by atoms with Crippen LogP contribution in [0, 0.1) is 0 Å². The van der Waals surface area contributed by atoms with Crippen molar-refractivity contribution in [3.63, 3.8) is 0 Å². The molecule has 0 aliphatic carbocycles. The van der Waals surface area contributed by atoms with Gasteiger partial charge in [-0.2, -0.15) is 0 Å². The van der Waals surface area contributed by atoms with Gasteiger partial charge in [-0.05, 0) is 12.1 Å². The van der Waals surface area contributed by atoms with Gasteiger partial charge in [-0.15, -0.1) is 0 Å². The number of benzene rings is 1. The molecule has 1 aromatic rings. The second-order valence-corrected chi connectivity index (χ2v) is 3.82. The Hall–Kier alpha value is -1.75. The fraction of sp³-hybridized carbons (Fsp3) is 0.200. The second kappa shape index (κ2) is 4.02. The molecule has 5 nitrogen and oxygen atoms in total. The molecule has 0 aromatic heterocycles. The third-order valence-corrected chi connectivity index (χ3v) is 2.65. The summed E-state index contributed by atoms with van der Waals surface area (Å²) >= 11 is 5.94. The molecule has 0 radical (unpaired) electrons. The predicted molar refractivity (Wildman–Crippen MR) is 58.1 cm³/mol. The monoisotopic (exact) mass is 240 g/mol. The quantitative estimate of drug-likeness (QED) is 0.810. The van der Waals surface area contributed by atoms with Gasteiger partial charge < -0.3 is 5.11 Å². The third-order valence-electron chi connectivity index (χ3n) is 2.33. The van der Waals surface area contributed by atoms with Crippen molar-refractivity contribution in [2.24, 2.45) is 0 Å². The summed E-state index contributed by atoms with van der Waals surface area (Å²) in [5.74, 6) is -1.38. The van der Waals surface area contributed by atoms with E-state index in [1.807, 2.05) is 0 Å². The molecule has 1 aliphatic rings. The van der Waals surface area contributed by atoms with Crippen LogP contribution in [0.3, 0.4) is 0 Å². The number of rotatable bonds is 2. The Morgan fingerprint density at radius 3 is 2.81 bits per heavy atom. The lowest BCUT2D eigenvalue weighted by molar-refractivity contribution is -0.138. The van der Waals surface area contributed by atoms with Crippen molar-refractivity contribution in [2.75, 3.05) is 5.01 Å². The van der Waals surface area contributed by atoms with Crippen LogP contribution in [0.2, 0.25) is 5.02 Å². The number of para-hydroxylation sites is 1. The van der Waals surface area contributed by atoms with Crippen LogP contribution >= 0.6 is 11.6 Å². The van der Waals surface area contributed by atoms with Crippen LogP contribution in [0.15, 0.2) is 24.3 Å². The Morgan fingerprint density at radius 2 is 2.19 bits per heavy atom. The zero-order valence-electron chi connectivity index (χ0n) is 8.18. The Morgan fingerprint density at radius 1 is 1.50 bits per heavy atom. The molecule has 1 aliphatic heterocycles. The largest absolute Gasteiger partial charge is 0.480 e. The summed E-state index contributed by atoms with van der Waals surface area (Å²) in [7, 11) is 0. The highest BCUT2D eigenvalue weighted by Crippen LogP contribution is 2.28. The van der Waals surface area contributed by atoms with Gasteiger partial charge in [0.05, 0.1) is 17.1 Å². The minimum Gasteiger partial charge on any atom is -0.480 e. The number of amides is 1.